The van der Waals surface area contributed by atoms with Crippen molar-refractivity contribution in [2.75, 3.05) is 36.4 Å². The first-order chi connectivity index (χ1) is 17.1. The number of halogens is 3. The van der Waals surface area contributed by atoms with Gasteiger partial charge in [-0.05, 0) is 43.9 Å². The number of hydrogen-bond donors (Lipinski definition) is 1. The van der Waals surface area contributed by atoms with Gasteiger partial charge in [-0.2, -0.15) is 18.2 Å². The van der Waals surface area contributed by atoms with Crippen molar-refractivity contribution in [3.8, 4) is 5.88 Å². The molecule has 0 radical (unpaired) electrons. The maximum absolute atomic E-state index is 13.2. The fraction of sp³-hybridized carbons (Fsp3) is 0.500. The molecule has 4 rings (SSSR count). The van der Waals surface area contributed by atoms with E-state index in [-0.39, 0.29) is 23.7 Å². The molecule has 1 amide bonds. The summed E-state index contributed by atoms with van der Waals surface area (Å²) in [6, 6.07) is 8.53. The second-order valence-corrected chi connectivity index (χ2v) is 9.05. The number of carbonyl (C=O) groups is 1. The largest absolute Gasteiger partial charge is 0.474 e. The molecule has 12 heteroatoms. The molecule has 1 saturated heterocycles. The Kier molecular flexibility index (Phi) is 7.51. The van der Waals surface area contributed by atoms with Crippen LogP contribution in [0.15, 0.2) is 36.4 Å². The van der Waals surface area contributed by atoms with Gasteiger partial charge in [0.15, 0.2) is 0 Å². The number of pyridine rings is 1. The minimum atomic E-state index is -4.81. The van der Waals surface area contributed by atoms with E-state index in [1.54, 1.807) is 13.0 Å². The minimum absolute atomic E-state index is 0.0655. The topological polar surface area (TPSA) is 101 Å². The Morgan fingerprint density at radius 1 is 1.11 bits per heavy atom. The van der Waals surface area contributed by atoms with Gasteiger partial charge in [-0.25, -0.2) is 0 Å². The summed E-state index contributed by atoms with van der Waals surface area (Å²) in [7, 11) is 0. The smallest absolute Gasteiger partial charge is 0.423 e. The number of benzene rings is 1. The number of nitro groups is 1. The summed E-state index contributed by atoms with van der Waals surface area (Å²) in [6.45, 7) is 4.27. The number of alkyl halides is 3. The second kappa shape index (κ2) is 10.6. The van der Waals surface area contributed by atoms with Crippen LogP contribution in [0.3, 0.4) is 0 Å². The first kappa shape index (κ1) is 25.5. The van der Waals surface area contributed by atoms with Crippen LogP contribution in [0.5, 0.6) is 5.88 Å². The van der Waals surface area contributed by atoms with Crippen molar-refractivity contribution < 1.29 is 27.6 Å². The summed E-state index contributed by atoms with van der Waals surface area (Å²) in [4.78, 5) is 30.0. The fourth-order valence-corrected chi connectivity index (χ4v) is 4.64. The number of ether oxygens (including phenoxy) is 1. The lowest BCUT2D eigenvalue weighted by atomic mass is 9.92. The third kappa shape index (κ3) is 6.16. The van der Waals surface area contributed by atoms with Crippen LogP contribution < -0.4 is 15.0 Å². The highest BCUT2D eigenvalue weighted by molar-refractivity contribution is 5.73. The molecule has 1 aromatic carbocycles. The number of anilines is 2. The fourth-order valence-electron chi connectivity index (χ4n) is 4.64. The van der Waals surface area contributed by atoms with Crippen LogP contribution in [0.1, 0.15) is 38.2 Å². The van der Waals surface area contributed by atoms with Gasteiger partial charge >= 0.3 is 6.18 Å². The van der Waals surface area contributed by atoms with Crippen molar-refractivity contribution in [3.63, 3.8) is 0 Å². The van der Waals surface area contributed by atoms with Gasteiger partial charge in [-0.15, -0.1) is 0 Å². The van der Waals surface area contributed by atoms with Crippen LogP contribution in [0.4, 0.5) is 30.4 Å². The zero-order valence-corrected chi connectivity index (χ0v) is 19.8. The second-order valence-electron chi connectivity index (χ2n) is 9.05. The molecule has 2 fully saturated rings. The predicted octanol–water partition coefficient (Wildman–Crippen LogP) is 4.48. The number of nitrogens with zero attached hydrogens (tertiary/aromatic N) is 4. The van der Waals surface area contributed by atoms with Crippen LogP contribution in [0.2, 0.25) is 0 Å². The van der Waals surface area contributed by atoms with Crippen LogP contribution in [0.25, 0.3) is 0 Å². The van der Waals surface area contributed by atoms with Crippen molar-refractivity contribution >= 4 is 23.1 Å². The Labute approximate surface area is 206 Å². The lowest BCUT2D eigenvalue weighted by Crippen LogP contribution is -2.48. The molecule has 0 atom stereocenters. The first-order valence-electron chi connectivity index (χ1n) is 11.9. The van der Waals surface area contributed by atoms with Crippen molar-refractivity contribution in [1.82, 2.24) is 9.88 Å². The summed E-state index contributed by atoms with van der Waals surface area (Å²) in [5.74, 6) is 1.38. The lowest BCUT2D eigenvalue weighted by molar-refractivity contribution is -0.388. The normalized spacial score (nSPS) is 20.7. The molecular formula is C24H28F3N5O4. The lowest BCUT2D eigenvalue weighted by Gasteiger charge is -2.35. The molecule has 2 aliphatic rings. The number of aromatic nitrogens is 1. The van der Waals surface area contributed by atoms with E-state index >= 15 is 0 Å². The predicted molar refractivity (Wildman–Crippen MR) is 127 cm³/mol. The number of piperazine rings is 1. The summed E-state index contributed by atoms with van der Waals surface area (Å²) in [6.07, 6.45) is -2.14. The Hall–Kier alpha value is -3.57. The zero-order valence-electron chi connectivity index (χ0n) is 19.8. The number of rotatable bonds is 6. The van der Waals surface area contributed by atoms with Crippen molar-refractivity contribution in [1.29, 1.82) is 0 Å². The molecule has 1 aromatic heterocycles. The molecule has 1 aliphatic heterocycles. The van der Waals surface area contributed by atoms with Crippen LogP contribution in [-0.2, 0) is 11.0 Å². The number of nitro benzene ring substituents is 1. The molecule has 0 bridgehead atoms. The Morgan fingerprint density at radius 2 is 1.81 bits per heavy atom. The molecule has 1 aliphatic carbocycles. The van der Waals surface area contributed by atoms with Gasteiger partial charge < -0.3 is 19.9 Å². The first-order valence-corrected chi connectivity index (χ1v) is 11.9. The quantitative estimate of drug-likeness (QED) is 0.455. The van der Waals surface area contributed by atoms with Gasteiger partial charge in [0.25, 0.3) is 5.69 Å². The van der Waals surface area contributed by atoms with Gasteiger partial charge in [0.05, 0.1) is 4.92 Å². The third-order valence-electron chi connectivity index (χ3n) is 6.59. The van der Waals surface area contributed by atoms with Gasteiger partial charge in [0.1, 0.15) is 17.5 Å². The van der Waals surface area contributed by atoms with E-state index in [1.807, 2.05) is 17.0 Å². The van der Waals surface area contributed by atoms with Gasteiger partial charge in [-0.3, -0.25) is 14.9 Å². The number of nitrogens with one attached hydrogen (secondary N) is 1. The Bertz CT molecular complexity index is 1100. The minimum Gasteiger partial charge on any atom is -0.474 e. The van der Waals surface area contributed by atoms with E-state index in [4.69, 9.17) is 4.74 Å². The zero-order chi connectivity index (χ0) is 25.9. The van der Waals surface area contributed by atoms with Crippen molar-refractivity contribution in [2.24, 2.45) is 0 Å². The maximum Gasteiger partial charge on any atom is 0.423 e. The number of carbonyl (C=O) groups excluding carboxylic acids is 1. The van der Waals surface area contributed by atoms with E-state index in [0.717, 1.165) is 18.0 Å². The summed E-state index contributed by atoms with van der Waals surface area (Å²) in [5, 5.41) is 14.0. The van der Waals surface area contributed by atoms with Crippen molar-refractivity contribution in [3.05, 3.63) is 52.1 Å². The SMILES string of the molecule is CC(=O)N1CCN(c2cccc(O[C@H]3CC[C@H](Nc4ccc([N+](=O)[O-])c(C(F)(F)F)c4)CC3)n2)CC1. The molecule has 2 aromatic rings. The molecule has 194 valence electrons. The van der Waals surface area contributed by atoms with Gasteiger partial charge in [0, 0.05) is 57.0 Å². The molecule has 0 unspecified atom stereocenters. The van der Waals surface area contributed by atoms with Crippen LogP contribution >= 0.6 is 0 Å². The monoisotopic (exact) mass is 507 g/mol. The molecule has 1 saturated carbocycles. The molecule has 36 heavy (non-hydrogen) atoms. The average molecular weight is 508 g/mol. The molecule has 1 N–H and O–H groups in total. The molecular weight excluding hydrogens is 479 g/mol. The van der Waals surface area contributed by atoms with E-state index < -0.39 is 22.4 Å². The standard InChI is InChI=1S/C24H28F3N5O4/c1-16(33)30-11-13-31(14-12-30)22-3-2-4-23(29-22)36-19-8-5-17(6-9-19)28-18-7-10-21(32(34)35)20(15-18)24(25,26)27/h2-4,7,10,15,17,19,28H,5-6,8-9,11-14H2,1H3/t17-,19-. The van der Waals surface area contributed by atoms with Crippen LogP contribution in [-0.4, -0.2) is 59.0 Å². The van der Waals surface area contributed by atoms with Gasteiger partial charge in [0.2, 0.25) is 11.8 Å². The summed E-state index contributed by atoms with van der Waals surface area (Å²) >= 11 is 0. The van der Waals surface area contributed by atoms with E-state index in [2.05, 4.69) is 15.2 Å². The molecule has 2 heterocycles. The van der Waals surface area contributed by atoms with Gasteiger partial charge in [-0.1, -0.05) is 6.07 Å². The highest BCUT2D eigenvalue weighted by Gasteiger charge is 2.38. The highest BCUT2D eigenvalue weighted by Crippen LogP contribution is 2.38. The van der Waals surface area contributed by atoms with E-state index in [9.17, 15) is 28.1 Å². The Morgan fingerprint density at radius 3 is 2.42 bits per heavy atom. The highest BCUT2D eigenvalue weighted by atomic mass is 19.4. The molecule has 9 nitrogen and oxygen atoms in total. The number of amides is 1. The van der Waals surface area contributed by atoms with Crippen molar-refractivity contribution in [2.45, 2.75) is 50.9 Å². The summed E-state index contributed by atoms with van der Waals surface area (Å²) < 4.78 is 45.8. The third-order valence-corrected chi connectivity index (χ3v) is 6.59. The van der Waals surface area contributed by atoms with E-state index in [1.165, 1.54) is 6.07 Å². The van der Waals surface area contributed by atoms with E-state index in [0.29, 0.717) is 57.7 Å². The summed E-state index contributed by atoms with van der Waals surface area (Å²) in [5.41, 5.74) is -2.01. The van der Waals surface area contributed by atoms with Crippen LogP contribution in [0, 0.1) is 10.1 Å². The maximum atomic E-state index is 13.2. The Balaban J connectivity index is 1.31. The molecule has 0 spiro atoms. The number of hydrogen-bond acceptors (Lipinski definition) is 7. The average Bonchev–Trinajstić information content (AvgIpc) is 2.85.